The van der Waals surface area contributed by atoms with E-state index in [0.29, 0.717) is 5.92 Å². The number of hydrogen-bond acceptors (Lipinski definition) is 3. The van der Waals surface area contributed by atoms with E-state index in [1.165, 1.54) is 46.7 Å². The zero-order chi connectivity index (χ0) is 19.1. The van der Waals surface area contributed by atoms with Crippen LogP contribution in [0.2, 0.25) is 0 Å². The molecule has 1 fully saturated rings. The second-order valence-corrected chi connectivity index (χ2v) is 7.85. The molecule has 1 heterocycles. The fourth-order valence-electron chi connectivity index (χ4n) is 5.04. The van der Waals surface area contributed by atoms with Crippen LogP contribution in [0.3, 0.4) is 0 Å². The van der Waals surface area contributed by atoms with Crippen LogP contribution in [-0.2, 0) is 4.74 Å². The molecule has 0 radical (unpaired) electrons. The Bertz CT molecular complexity index is 1000. The van der Waals surface area contributed by atoms with Gasteiger partial charge in [-0.3, -0.25) is 0 Å². The first-order chi connectivity index (χ1) is 13.8. The molecule has 3 nitrogen and oxygen atoms in total. The van der Waals surface area contributed by atoms with Gasteiger partial charge in [0.05, 0.1) is 20.3 Å². The minimum atomic E-state index is -0.0831. The second kappa shape index (κ2) is 7.14. The van der Waals surface area contributed by atoms with Crippen LogP contribution in [0.15, 0.2) is 54.6 Å². The van der Waals surface area contributed by atoms with E-state index in [9.17, 15) is 0 Å². The van der Waals surface area contributed by atoms with Crippen molar-refractivity contribution >= 4 is 10.8 Å². The van der Waals surface area contributed by atoms with Crippen molar-refractivity contribution in [2.75, 3.05) is 14.2 Å². The lowest BCUT2D eigenvalue weighted by atomic mass is 9.75. The van der Waals surface area contributed by atoms with Gasteiger partial charge in [-0.25, -0.2) is 0 Å². The highest BCUT2D eigenvalue weighted by Crippen LogP contribution is 2.50. The Hall–Kier alpha value is -2.52. The Labute approximate surface area is 166 Å². The summed E-state index contributed by atoms with van der Waals surface area (Å²) in [5.74, 6) is 2.02. The monoisotopic (exact) mass is 374 g/mol. The molecule has 0 aromatic heterocycles. The molecule has 3 heteroatoms. The molecule has 28 heavy (non-hydrogen) atoms. The molecule has 3 aromatic rings. The van der Waals surface area contributed by atoms with E-state index in [0.717, 1.165) is 17.9 Å². The third kappa shape index (κ3) is 2.77. The van der Waals surface area contributed by atoms with Crippen molar-refractivity contribution < 1.29 is 14.2 Å². The summed E-state index contributed by atoms with van der Waals surface area (Å²) in [4.78, 5) is 0. The van der Waals surface area contributed by atoms with Gasteiger partial charge in [0.2, 0.25) is 0 Å². The molecule has 0 amide bonds. The Morgan fingerprint density at radius 3 is 2.32 bits per heavy atom. The fourth-order valence-corrected chi connectivity index (χ4v) is 5.04. The van der Waals surface area contributed by atoms with Crippen molar-refractivity contribution in [3.05, 3.63) is 71.3 Å². The fraction of sp³-hybridized carbons (Fsp3) is 0.360. The van der Waals surface area contributed by atoms with Gasteiger partial charge >= 0.3 is 0 Å². The van der Waals surface area contributed by atoms with Crippen molar-refractivity contribution in [2.45, 2.75) is 43.8 Å². The zero-order valence-corrected chi connectivity index (χ0v) is 16.5. The van der Waals surface area contributed by atoms with Gasteiger partial charge in [-0.1, -0.05) is 55.3 Å². The van der Waals surface area contributed by atoms with Crippen LogP contribution in [0, 0.1) is 0 Å². The van der Waals surface area contributed by atoms with E-state index in [1.54, 1.807) is 14.2 Å². The molecule has 1 saturated carbocycles. The smallest absolute Gasteiger partial charge is 0.161 e. The highest BCUT2D eigenvalue weighted by Gasteiger charge is 2.39. The number of rotatable bonds is 3. The maximum Gasteiger partial charge on any atom is 0.161 e. The predicted octanol–water partition coefficient (Wildman–Crippen LogP) is 6.00. The average Bonchev–Trinajstić information content (AvgIpc) is 2.77. The molecule has 0 N–H and O–H groups in total. The van der Waals surface area contributed by atoms with E-state index in [2.05, 4.69) is 54.6 Å². The molecule has 3 aromatic carbocycles. The number of hydrogen-bond donors (Lipinski definition) is 0. The van der Waals surface area contributed by atoms with Crippen molar-refractivity contribution in [3.63, 3.8) is 0 Å². The summed E-state index contributed by atoms with van der Waals surface area (Å²) in [6, 6.07) is 19.4. The summed E-state index contributed by atoms with van der Waals surface area (Å²) < 4.78 is 18.0. The first-order valence-corrected chi connectivity index (χ1v) is 10.2. The molecule has 144 valence electrons. The summed E-state index contributed by atoms with van der Waals surface area (Å²) in [5, 5.41) is 2.50. The van der Waals surface area contributed by atoms with Gasteiger partial charge in [-0.15, -0.1) is 0 Å². The van der Waals surface area contributed by atoms with Gasteiger partial charge in [0.15, 0.2) is 11.5 Å². The molecular weight excluding hydrogens is 348 g/mol. The molecule has 3 atom stereocenters. The molecule has 0 spiro atoms. The first kappa shape index (κ1) is 17.6. The third-order valence-electron chi connectivity index (χ3n) is 6.39. The highest BCUT2D eigenvalue weighted by atomic mass is 16.5. The second-order valence-electron chi connectivity index (χ2n) is 7.85. The topological polar surface area (TPSA) is 27.7 Å². The lowest BCUT2D eigenvalue weighted by molar-refractivity contribution is -0.0385. The Balaban J connectivity index is 1.73. The van der Waals surface area contributed by atoms with E-state index >= 15 is 0 Å². The molecule has 0 bridgehead atoms. The van der Waals surface area contributed by atoms with Gasteiger partial charge in [0, 0.05) is 5.92 Å². The van der Waals surface area contributed by atoms with Crippen molar-refractivity contribution in [2.24, 2.45) is 0 Å². The van der Waals surface area contributed by atoms with E-state index in [1.807, 2.05) is 0 Å². The number of benzene rings is 3. The van der Waals surface area contributed by atoms with Gasteiger partial charge in [0.1, 0.15) is 6.10 Å². The van der Waals surface area contributed by atoms with E-state index < -0.39 is 0 Å². The van der Waals surface area contributed by atoms with Gasteiger partial charge in [0.25, 0.3) is 0 Å². The predicted molar refractivity (Wildman–Crippen MR) is 111 cm³/mol. The third-order valence-corrected chi connectivity index (χ3v) is 6.39. The molecule has 1 aliphatic heterocycles. The quantitative estimate of drug-likeness (QED) is 0.562. The number of methoxy groups -OCH3 is 2. The molecule has 1 aliphatic carbocycles. The summed E-state index contributed by atoms with van der Waals surface area (Å²) in [7, 11) is 3.41. The van der Waals surface area contributed by atoms with E-state index in [4.69, 9.17) is 14.2 Å². The molecular formula is C25H26O3. The average molecular weight is 374 g/mol. The first-order valence-electron chi connectivity index (χ1n) is 10.2. The number of fused-ring (bicyclic) bond motifs is 4. The maximum absolute atomic E-state index is 6.79. The summed E-state index contributed by atoms with van der Waals surface area (Å²) in [6.45, 7) is 0. The van der Waals surface area contributed by atoms with Crippen LogP contribution in [0.25, 0.3) is 10.8 Å². The van der Waals surface area contributed by atoms with Crippen LogP contribution in [0.4, 0.5) is 0 Å². The Morgan fingerprint density at radius 2 is 1.50 bits per heavy atom. The summed E-state index contributed by atoms with van der Waals surface area (Å²) in [6.07, 6.45) is 4.99. The number of ether oxygens (including phenoxy) is 3. The Morgan fingerprint density at radius 1 is 0.786 bits per heavy atom. The van der Waals surface area contributed by atoms with E-state index in [-0.39, 0.29) is 12.2 Å². The van der Waals surface area contributed by atoms with Crippen LogP contribution in [0.1, 0.15) is 54.4 Å². The van der Waals surface area contributed by atoms with Crippen molar-refractivity contribution in [3.8, 4) is 11.5 Å². The largest absolute Gasteiger partial charge is 0.493 e. The van der Waals surface area contributed by atoms with Gasteiger partial charge in [-0.05, 0) is 52.4 Å². The lowest BCUT2D eigenvalue weighted by Gasteiger charge is -2.42. The minimum Gasteiger partial charge on any atom is -0.493 e. The van der Waals surface area contributed by atoms with Crippen molar-refractivity contribution in [1.82, 2.24) is 0 Å². The van der Waals surface area contributed by atoms with Crippen LogP contribution in [0.5, 0.6) is 11.5 Å². The highest BCUT2D eigenvalue weighted by molar-refractivity contribution is 5.86. The molecule has 2 aliphatic rings. The van der Waals surface area contributed by atoms with Gasteiger partial charge in [-0.2, -0.15) is 0 Å². The zero-order valence-electron chi connectivity index (χ0n) is 16.5. The van der Waals surface area contributed by atoms with Gasteiger partial charge < -0.3 is 14.2 Å². The van der Waals surface area contributed by atoms with Crippen LogP contribution >= 0.6 is 0 Å². The summed E-state index contributed by atoms with van der Waals surface area (Å²) in [5.41, 5.74) is 3.82. The van der Waals surface area contributed by atoms with Crippen LogP contribution in [-0.4, -0.2) is 20.3 Å². The summed E-state index contributed by atoms with van der Waals surface area (Å²) >= 11 is 0. The Kier molecular flexibility index (Phi) is 4.48. The molecule has 0 unspecified atom stereocenters. The minimum absolute atomic E-state index is 0.0831. The molecule has 5 rings (SSSR count). The normalized spacial score (nSPS) is 23.7. The SMILES string of the molecule is COc1cc2c(cc1OC)[C@H]1CCCC[C@H]1O[C@@H]2c1cccc2ccccc12. The lowest BCUT2D eigenvalue weighted by Crippen LogP contribution is -2.33. The van der Waals surface area contributed by atoms with Crippen LogP contribution < -0.4 is 9.47 Å². The maximum atomic E-state index is 6.79. The molecule has 0 saturated heterocycles. The van der Waals surface area contributed by atoms with Crippen molar-refractivity contribution in [1.29, 1.82) is 0 Å². The standard InChI is InChI=1S/C25H26O3/c1-26-23-14-20-18-11-5-6-13-22(18)28-25(21(20)15-24(23)27-2)19-12-7-9-16-8-3-4-10-17(16)19/h3-4,7-10,12,14-15,18,22,25H,5-6,11,13H2,1-2H3/t18-,22-,25-/m1/s1.